The lowest BCUT2D eigenvalue weighted by Gasteiger charge is -2.26. The molecule has 1 heterocycles. The summed E-state index contributed by atoms with van der Waals surface area (Å²) in [6.07, 6.45) is -0.327. The number of hydrogen-bond acceptors (Lipinski definition) is 3. The molecule has 0 spiro atoms. The molecule has 6 heteroatoms. The van der Waals surface area contributed by atoms with Crippen molar-refractivity contribution in [3.05, 3.63) is 17.5 Å². The molecule has 1 aliphatic rings. The number of rotatable bonds is 2. The molecular formula is C10H12F3N3. The Morgan fingerprint density at radius 3 is 2.50 bits per heavy atom. The van der Waals surface area contributed by atoms with Crippen LogP contribution < -0.4 is 5.32 Å². The number of aryl methyl sites for hydroxylation is 1. The smallest absolute Gasteiger partial charge is 0.351 e. The molecule has 1 fully saturated rings. The van der Waals surface area contributed by atoms with E-state index in [1.165, 1.54) is 6.92 Å². The maximum Gasteiger partial charge on any atom is 0.419 e. The van der Waals surface area contributed by atoms with Crippen LogP contribution in [0.15, 0.2) is 6.20 Å². The second-order valence-electron chi connectivity index (χ2n) is 3.96. The number of halogens is 3. The molecular weight excluding hydrogens is 219 g/mol. The van der Waals surface area contributed by atoms with Crippen molar-refractivity contribution in [3.63, 3.8) is 0 Å². The quantitative estimate of drug-likeness (QED) is 0.850. The molecule has 1 aromatic heterocycles. The van der Waals surface area contributed by atoms with Crippen molar-refractivity contribution in [2.75, 3.05) is 5.32 Å². The van der Waals surface area contributed by atoms with Crippen molar-refractivity contribution in [2.24, 2.45) is 0 Å². The molecule has 1 aromatic rings. The number of aromatic nitrogens is 2. The monoisotopic (exact) mass is 231 g/mol. The van der Waals surface area contributed by atoms with E-state index in [2.05, 4.69) is 15.3 Å². The van der Waals surface area contributed by atoms with Crippen LogP contribution in [0.3, 0.4) is 0 Å². The lowest BCUT2D eigenvalue weighted by atomic mass is 9.93. The van der Waals surface area contributed by atoms with Gasteiger partial charge in [-0.1, -0.05) is 0 Å². The zero-order chi connectivity index (χ0) is 11.8. The largest absolute Gasteiger partial charge is 0.419 e. The predicted octanol–water partition coefficient (Wildman–Crippen LogP) is 2.77. The number of hydrogen-bond donors (Lipinski definition) is 1. The van der Waals surface area contributed by atoms with E-state index in [0.717, 1.165) is 25.5 Å². The van der Waals surface area contributed by atoms with Gasteiger partial charge in [-0.25, -0.2) is 9.97 Å². The fourth-order valence-corrected chi connectivity index (χ4v) is 1.55. The minimum Gasteiger partial charge on any atom is -0.351 e. The minimum absolute atomic E-state index is 0.0377. The van der Waals surface area contributed by atoms with Gasteiger partial charge in [0, 0.05) is 12.2 Å². The van der Waals surface area contributed by atoms with Gasteiger partial charge in [0.25, 0.3) is 0 Å². The van der Waals surface area contributed by atoms with Crippen LogP contribution in [0.2, 0.25) is 0 Å². The van der Waals surface area contributed by atoms with E-state index < -0.39 is 11.7 Å². The molecule has 16 heavy (non-hydrogen) atoms. The molecule has 0 saturated heterocycles. The van der Waals surface area contributed by atoms with Crippen LogP contribution in [0.1, 0.15) is 30.5 Å². The van der Waals surface area contributed by atoms with E-state index in [-0.39, 0.29) is 11.6 Å². The second kappa shape index (κ2) is 3.92. The van der Waals surface area contributed by atoms with E-state index in [1.54, 1.807) is 0 Å². The molecule has 0 aromatic carbocycles. The predicted molar refractivity (Wildman–Crippen MR) is 53.0 cm³/mol. The summed E-state index contributed by atoms with van der Waals surface area (Å²) in [5.74, 6) is 0.287. The molecule has 0 atom stereocenters. The Morgan fingerprint density at radius 2 is 2.06 bits per heavy atom. The van der Waals surface area contributed by atoms with E-state index >= 15 is 0 Å². The van der Waals surface area contributed by atoms with E-state index in [4.69, 9.17) is 0 Å². The molecule has 0 bridgehead atoms. The van der Waals surface area contributed by atoms with Gasteiger partial charge in [-0.3, -0.25) is 0 Å². The number of alkyl halides is 3. The van der Waals surface area contributed by atoms with Crippen molar-refractivity contribution in [3.8, 4) is 0 Å². The third-order valence-corrected chi connectivity index (χ3v) is 2.72. The highest BCUT2D eigenvalue weighted by Gasteiger charge is 2.33. The van der Waals surface area contributed by atoms with Gasteiger partial charge in [0.15, 0.2) is 0 Å². The molecule has 0 unspecified atom stereocenters. The topological polar surface area (TPSA) is 37.8 Å². The van der Waals surface area contributed by atoms with E-state index in [1.807, 2.05) is 0 Å². The standard InChI is InChI=1S/C10H12F3N3/c1-6-8(10(11,12)13)5-14-9(15-6)16-7-3-2-4-7/h5,7H,2-4H2,1H3,(H,14,15,16). The molecule has 1 aliphatic carbocycles. The first-order valence-electron chi connectivity index (χ1n) is 5.14. The maximum atomic E-state index is 12.4. The molecule has 2 rings (SSSR count). The molecule has 0 aliphatic heterocycles. The Balaban J connectivity index is 2.15. The lowest BCUT2D eigenvalue weighted by Crippen LogP contribution is -2.28. The van der Waals surface area contributed by atoms with Crippen LogP contribution in [-0.2, 0) is 6.18 Å². The summed E-state index contributed by atoms with van der Waals surface area (Å²) in [6.45, 7) is 1.34. The first-order chi connectivity index (χ1) is 7.47. The van der Waals surface area contributed by atoms with Crippen molar-refractivity contribution in [1.82, 2.24) is 9.97 Å². The van der Waals surface area contributed by atoms with Gasteiger partial charge >= 0.3 is 6.18 Å². The molecule has 1 saturated carbocycles. The SMILES string of the molecule is Cc1nc(NC2CCC2)ncc1C(F)(F)F. The van der Waals surface area contributed by atoms with Gasteiger partial charge in [0.2, 0.25) is 5.95 Å². The Bertz CT molecular complexity index is 385. The lowest BCUT2D eigenvalue weighted by molar-refractivity contribution is -0.138. The van der Waals surface area contributed by atoms with Crippen LogP contribution in [0.25, 0.3) is 0 Å². The molecule has 0 amide bonds. The van der Waals surface area contributed by atoms with Gasteiger partial charge in [-0.15, -0.1) is 0 Å². The van der Waals surface area contributed by atoms with Crippen molar-refractivity contribution in [2.45, 2.75) is 38.4 Å². The third kappa shape index (κ3) is 2.25. The van der Waals surface area contributed by atoms with Crippen molar-refractivity contribution >= 4 is 5.95 Å². The maximum absolute atomic E-state index is 12.4. The summed E-state index contributed by atoms with van der Waals surface area (Å²) < 4.78 is 37.3. The van der Waals surface area contributed by atoms with Crippen molar-refractivity contribution < 1.29 is 13.2 Å². The summed E-state index contributed by atoms with van der Waals surface area (Å²) in [6, 6.07) is 0.316. The van der Waals surface area contributed by atoms with Gasteiger partial charge in [-0.05, 0) is 26.2 Å². The highest BCUT2D eigenvalue weighted by molar-refractivity contribution is 5.31. The second-order valence-corrected chi connectivity index (χ2v) is 3.96. The third-order valence-electron chi connectivity index (χ3n) is 2.72. The van der Waals surface area contributed by atoms with Crippen LogP contribution >= 0.6 is 0 Å². The van der Waals surface area contributed by atoms with Crippen LogP contribution in [0, 0.1) is 6.92 Å². The minimum atomic E-state index is -4.38. The van der Waals surface area contributed by atoms with Crippen LogP contribution in [0.5, 0.6) is 0 Å². The summed E-state index contributed by atoms with van der Waals surface area (Å²) in [4.78, 5) is 7.50. The Morgan fingerprint density at radius 1 is 1.38 bits per heavy atom. The summed E-state index contributed by atoms with van der Waals surface area (Å²) in [5.41, 5.74) is -0.809. The first kappa shape index (κ1) is 11.2. The van der Waals surface area contributed by atoms with E-state index in [9.17, 15) is 13.2 Å². The van der Waals surface area contributed by atoms with Gasteiger partial charge in [0.05, 0.1) is 11.3 Å². The van der Waals surface area contributed by atoms with Crippen LogP contribution in [-0.4, -0.2) is 16.0 Å². The van der Waals surface area contributed by atoms with Gasteiger partial charge in [-0.2, -0.15) is 13.2 Å². The van der Waals surface area contributed by atoms with Gasteiger partial charge < -0.3 is 5.32 Å². The molecule has 88 valence electrons. The Labute approximate surface area is 91.1 Å². The first-order valence-corrected chi connectivity index (χ1v) is 5.14. The normalized spacial score (nSPS) is 17.0. The fraction of sp³-hybridized carbons (Fsp3) is 0.600. The van der Waals surface area contributed by atoms with Crippen LogP contribution in [0.4, 0.5) is 19.1 Å². The van der Waals surface area contributed by atoms with E-state index in [0.29, 0.717) is 6.04 Å². The number of nitrogens with zero attached hydrogens (tertiary/aromatic N) is 2. The average molecular weight is 231 g/mol. The fourth-order valence-electron chi connectivity index (χ4n) is 1.55. The summed E-state index contributed by atoms with van der Waals surface area (Å²) in [7, 11) is 0. The molecule has 0 radical (unpaired) electrons. The Kier molecular flexibility index (Phi) is 2.73. The zero-order valence-corrected chi connectivity index (χ0v) is 8.80. The highest BCUT2D eigenvalue weighted by Crippen LogP contribution is 2.31. The Hall–Kier alpha value is -1.33. The molecule has 3 nitrogen and oxygen atoms in total. The zero-order valence-electron chi connectivity index (χ0n) is 8.80. The average Bonchev–Trinajstić information content (AvgIpc) is 2.09. The van der Waals surface area contributed by atoms with Gasteiger partial charge in [0.1, 0.15) is 0 Å². The number of nitrogens with one attached hydrogen (secondary N) is 1. The molecule has 1 N–H and O–H groups in total. The highest BCUT2D eigenvalue weighted by atomic mass is 19.4. The van der Waals surface area contributed by atoms with Crippen molar-refractivity contribution in [1.29, 1.82) is 0 Å². The number of anilines is 1. The summed E-state index contributed by atoms with van der Waals surface area (Å²) in [5, 5.41) is 3.01. The summed E-state index contributed by atoms with van der Waals surface area (Å²) >= 11 is 0.